The van der Waals surface area contributed by atoms with Crippen LogP contribution in [0.5, 0.6) is 0 Å². The van der Waals surface area contributed by atoms with Gasteiger partial charge in [-0.2, -0.15) is 5.11 Å². The minimum atomic E-state index is -0.837. The quantitative estimate of drug-likeness (QED) is 0.735. The lowest BCUT2D eigenvalue weighted by molar-refractivity contribution is -0.00783. The Kier molecular flexibility index (Phi) is 2.73. The summed E-state index contributed by atoms with van der Waals surface area (Å²) in [6, 6.07) is 8.92. The largest absolute Gasteiger partial charge is 0.432 e. The van der Waals surface area contributed by atoms with Gasteiger partial charge in [0.05, 0.1) is 11.1 Å². The fourth-order valence-electron chi connectivity index (χ4n) is 2.00. The van der Waals surface area contributed by atoms with Gasteiger partial charge >= 0.3 is 5.97 Å². The maximum atomic E-state index is 11.9. The molecule has 0 radical (unpaired) electrons. The molecule has 1 heterocycles. The molecule has 2 rings (SSSR count). The number of hydrogen-bond acceptors (Lipinski definition) is 4. The van der Waals surface area contributed by atoms with Gasteiger partial charge in [-0.15, -0.1) is 5.11 Å². The van der Waals surface area contributed by atoms with Gasteiger partial charge in [-0.25, -0.2) is 4.79 Å². The van der Waals surface area contributed by atoms with Gasteiger partial charge in [-0.05, 0) is 32.9 Å². The monoisotopic (exact) mass is 232 g/mol. The number of carbonyl (C=O) groups excluding carboxylic acids is 1. The predicted molar refractivity (Wildman–Crippen MR) is 63.8 cm³/mol. The zero-order valence-electron chi connectivity index (χ0n) is 10.3. The van der Waals surface area contributed by atoms with Crippen molar-refractivity contribution in [2.24, 2.45) is 10.2 Å². The third-order valence-corrected chi connectivity index (χ3v) is 2.61. The summed E-state index contributed by atoms with van der Waals surface area (Å²) in [7, 11) is 0. The van der Waals surface area contributed by atoms with E-state index in [4.69, 9.17) is 4.74 Å². The molecule has 0 spiro atoms. The van der Waals surface area contributed by atoms with E-state index in [9.17, 15) is 4.79 Å². The van der Waals surface area contributed by atoms with Gasteiger partial charge in [-0.3, -0.25) is 0 Å². The first-order valence-electron chi connectivity index (χ1n) is 5.63. The highest BCUT2D eigenvalue weighted by Crippen LogP contribution is 2.35. The number of nitrogens with zero attached hydrogens (tertiary/aromatic N) is 2. The van der Waals surface area contributed by atoms with Gasteiger partial charge in [-0.1, -0.05) is 18.2 Å². The van der Waals surface area contributed by atoms with E-state index in [-0.39, 0.29) is 11.5 Å². The van der Waals surface area contributed by atoms with Crippen LogP contribution in [0.1, 0.15) is 37.6 Å². The summed E-state index contributed by atoms with van der Waals surface area (Å²) in [5, 5.41) is 8.18. The second kappa shape index (κ2) is 3.95. The van der Waals surface area contributed by atoms with Crippen molar-refractivity contribution >= 4 is 5.97 Å². The molecule has 0 saturated carbocycles. The van der Waals surface area contributed by atoms with Crippen LogP contribution in [0, 0.1) is 0 Å². The second-order valence-corrected chi connectivity index (χ2v) is 5.12. The highest BCUT2D eigenvalue weighted by atomic mass is 16.6. The molecule has 1 aromatic carbocycles. The van der Waals surface area contributed by atoms with Crippen molar-refractivity contribution in [3.63, 3.8) is 0 Å². The summed E-state index contributed by atoms with van der Waals surface area (Å²) in [5.74, 6) is -0.357. The number of ether oxygens (including phenoxy) is 1. The Balaban J connectivity index is 2.08. The molecule has 0 fully saturated rings. The third kappa shape index (κ3) is 2.70. The summed E-state index contributed by atoms with van der Waals surface area (Å²) in [6.07, 6.45) is 0.610. The van der Waals surface area contributed by atoms with E-state index in [2.05, 4.69) is 10.2 Å². The fraction of sp³-hybridized carbons (Fsp3) is 0.462. The lowest BCUT2D eigenvalue weighted by Crippen LogP contribution is -2.31. The van der Waals surface area contributed by atoms with Crippen LogP contribution in [-0.2, 0) is 4.74 Å². The molecule has 0 unspecified atom stereocenters. The summed E-state index contributed by atoms with van der Waals surface area (Å²) in [5.41, 5.74) is -0.559. The minimum absolute atomic E-state index is 0.258. The van der Waals surface area contributed by atoms with Crippen LogP contribution in [0.4, 0.5) is 0 Å². The number of benzene rings is 1. The van der Waals surface area contributed by atoms with Gasteiger partial charge < -0.3 is 4.74 Å². The summed E-state index contributed by atoms with van der Waals surface area (Å²) >= 11 is 0. The van der Waals surface area contributed by atoms with E-state index in [1.54, 1.807) is 31.2 Å². The van der Waals surface area contributed by atoms with Crippen LogP contribution in [0.3, 0.4) is 0 Å². The van der Waals surface area contributed by atoms with Gasteiger partial charge in [0.2, 0.25) is 5.72 Å². The normalized spacial score (nSPS) is 25.8. The van der Waals surface area contributed by atoms with E-state index in [0.29, 0.717) is 12.0 Å². The SMILES string of the molecule is CC1(C)C[C@@](C)(OC(=O)c2ccccc2)N=N1. The van der Waals surface area contributed by atoms with Crippen molar-refractivity contribution in [2.45, 2.75) is 38.5 Å². The van der Waals surface area contributed by atoms with E-state index in [0.717, 1.165) is 0 Å². The Labute approximate surface area is 101 Å². The van der Waals surface area contributed by atoms with Crippen LogP contribution in [0.2, 0.25) is 0 Å². The van der Waals surface area contributed by atoms with E-state index in [1.807, 2.05) is 19.9 Å². The molecule has 1 aliphatic heterocycles. The van der Waals surface area contributed by atoms with Crippen LogP contribution in [0.25, 0.3) is 0 Å². The van der Waals surface area contributed by atoms with Crippen LogP contribution >= 0.6 is 0 Å². The fourth-order valence-corrected chi connectivity index (χ4v) is 2.00. The smallest absolute Gasteiger partial charge is 0.340 e. The summed E-state index contributed by atoms with van der Waals surface area (Å²) in [6.45, 7) is 5.72. The van der Waals surface area contributed by atoms with Crippen molar-refractivity contribution in [3.05, 3.63) is 35.9 Å². The predicted octanol–water partition coefficient (Wildman–Crippen LogP) is 3.19. The molecule has 0 aliphatic carbocycles. The molecule has 0 bridgehead atoms. The summed E-state index contributed by atoms with van der Waals surface area (Å²) in [4.78, 5) is 11.9. The molecule has 4 heteroatoms. The van der Waals surface area contributed by atoms with Gasteiger partial charge in [0, 0.05) is 6.42 Å². The molecule has 4 nitrogen and oxygen atoms in total. The molecule has 17 heavy (non-hydrogen) atoms. The van der Waals surface area contributed by atoms with Gasteiger partial charge in [0.1, 0.15) is 0 Å². The van der Waals surface area contributed by atoms with Crippen molar-refractivity contribution in [1.29, 1.82) is 0 Å². The topological polar surface area (TPSA) is 51.0 Å². The van der Waals surface area contributed by atoms with Crippen molar-refractivity contribution in [1.82, 2.24) is 0 Å². The van der Waals surface area contributed by atoms with E-state index in [1.165, 1.54) is 0 Å². The highest BCUT2D eigenvalue weighted by Gasteiger charge is 2.41. The average molecular weight is 232 g/mol. The Morgan fingerprint density at radius 2 is 1.82 bits per heavy atom. The molecular formula is C13H16N2O2. The maximum absolute atomic E-state index is 11.9. The van der Waals surface area contributed by atoms with E-state index >= 15 is 0 Å². The molecule has 0 saturated heterocycles. The Bertz CT molecular complexity index is 454. The Morgan fingerprint density at radius 1 is 1.18 bits per heavy atom. The van der Waals surface area contributed by atoms with Crippen molar-refractivity contribution < 1.29 is 9.53 Å². The van der Waals surface area contributed by atoms with Crippen LogP contribution < -0.4 is 0 Å². The molecular weight excluding hydrogens is 216 g/mol. The zero-order chi connectivity index (χ0) is 12.5. The molecule has 1 aliphatic rings. The first-order chi connectivity index (χ1) is 7.90. The Hall–Kier alpha value is -1.71. The number of rotatable bonds is 2. The van der Waals surface area contributed by atoms with Crippen molar-refractivity contribution in [3.8, 4) is 0 Å². The maximum Gasteiger partial charge on any atom is 0.340 e. The standard InChI is InChI=1S/C13H16N2O2/c1-12(2)9-13(3,15-14-12)17-11(16)10-7-5-4-6-8-10/h4-8H,9H2,1-3H3/t13-/m1/s1. The highest BCUT2D eigenvalue weighted by molar-refractivity contribution is 5.89. The first-order valence-corrected chi connectivity index (χ1v) is 5.63. The summed E-state index contributed by atoms with van der Waals surface area (Å²) < 4.78 is 5.42. The van der Waals surface area contributed by atoms with Gasteiger partial charge in [0.15, 0.2) is 0 Å². The molecule has 0 amide bonds. The molecule has 1 aromatic rings. The minimum Gasteiger partial charge on any atom is -0.432 e. The number of hydrogen-bond donors (Lipinski definition) is 0. The molecule has 1 atom stereocenters. The number of carbonyl (C=O) groups is 1. The van der Waals surface area contributed by atoms with E-state index < -0.39 is 5.72 Å². The number of azo groups is 1. The zero-order valence-corrected chi connectivity index (χ0v) is 10.3. The molecule has 0 aromatic heterocycles. The average Bonchev–Trinajstić information content (AvgIpc) is 2.54. The number of esters is 1. The Morgan fingerprint density at radius 3 is 2.35 bits per heavy atom. The lowest BCUT2D eigenvalue weighted by atomic mass is 9.97. The molecule has 90 valence electrons. The third-order valence-electron chi connectivity index (χ3n) is 2.61. The van der Waals surface area contributed by atoms with Crippen LogP contribution in [0.15, 0.2) is 40.6 Å². The lowest BCUT2D eigenvalue weighted by Gasteiger charge is -2.22. The second-order valence-electron chi connectivity index (χ2n) is 5.12. The first kappa shape index (κ1) is 11.8. The van der Waals surface area contributed by atoms with Crippen molar-refractivity contribution in [2.75, 3.05) is 0 Å². The molecule has 0 N–H and O–H groups in total. The van der Waals surface area contributed by atoms with Gasteiger partial charge in [0.25, 0.3) is 0 Å². The van der Waals surface area contributed by atoms with Crippen LogP contribution in [-0.4, -0.2) is 17.2 Å².